The molecule has 56 heavy (non-hydrogen) atoms. The van der Waals surface area contributed by atoms with Gasteiger partial charge in [-0.2, -0.15) is 0 Å². The quantitative estimate of drug-likeness (QED) is 0.0413. The number of hydrogen-bond donors (Lipinski definition) is 12. The summed E-state index contributed by atoms with van der Waals surface area (Å²) >= 11 is 0. The molecule has 2 fully saturated rings. The van der Waals surface area contributed by atoms with Crippen molar-refractivity contribution in [2.24, 2.45) is 23.7 Å². The van der Waals surface area contributed by atoms with Gasteiger partial charge in [0.15, 0.2) is 0 Å². The van der Waals surface area contributed by atoms with Crippen LogP contribution in [0.2, 0.25) is 0 Å². The first-order valence-electron chi connectivity index (χ1n) is 24.2. The summed E-state index contributed by atoms with van der Waals surface area (Å²) in [6, 6.07) is 0. The zero-order valence-electron chi connectivity index (χ0n) is 38.4. The number of nitrogens with one attached hydrogen (secondary N) is 12. The van der Waals surface area contributed by atoms with Crippen molar-refractivity contribution in [1.82, 2.24) is 63.8 Å². The van der Waals surface area contributed by atoms with Gasteiger partial charge < -0.3 is 63.8 Å². The molecule has 4 unspecified atom stereocenters. The molecule has 2 rings (SSSR count). The highest BCUT2D eigenvalue weighted by atomic mass is 14.9. The Hall–Kier alpha value is -0.480. The highest BCUT2D eigenvalue weighted by molar-refractivity contribution is 4.90. The van der Waals surface area contributed by atoms with E-state index >= 15 is 0 Å². The van der Waals surface area contributed by atoms with E-state index in [1.54, 1.807) is 0 Å². The van der Waals surface area contributed by atoms with E-state index < -0.39 is 0 Å². The van der Waals surface area contributed by atoms with Gasteiger partial charge in [0.2, 0.25) is 0 Å². The van der Waals surface area contributed by atoms with Crippen molar-refractivity contribution in [2.75, 3.05) is 157 Å². The van der Waals surface area contributed by atoms with Gasteiger partial charge in [-0.1, -0.05) is 41.5 Å². The molecule has 2 saturated carbocycles. The molecule has 0 radical (unpaired) electrons. The maximum absolute atomic E-state index is 3.58. The molecule has 0 bridgehead atoms. The fourth-order valence-corrected chi connectivity index (χ4v) is 6.61. The van der Waals surface area contributed by atoms with Crippen molar-refractivity contribution in [3.05, 3.63) is 0 Å². The van der Waals surface area contributed by atoms with Crippen molar-refractivity contribution in [3.63, 3.8) is 0 Å². The maximum Gasteiger partial charge on any atom is -0.00173 e. The first-order valence-corrected chi connectivity index (χ1v) is 24.2. The van der Waals surface area contributed by atoms with Crippen LogP contribution in [0.25, 0.3) is 0 Å². The summed E-state index contributed by atoms with van der Waals surface area (Å²) in [6.45, 7) is 40.4. The molecule has 0 heterocycles. The van der Waals surface area contributed by atoms with Crippen molar-refractivity contribution < 1.29 is 0 Å². The summed E-state index contributed by atoms with van der Waals surface area (Å²) in [5.41, 5.74) is 0. The first kappa shape index (κ1) is 55.5. The molecule has 12 heteroatoms. The average Bonchev–Trinajstić information content (AvgIpc) is 4.15. The Kier molecular flexibility index (Phi) is 46.8. The molecular formula is C44H102N12. The van der Waals surface area contributed by atoms with Crippen molar-refractivity contribution in [3.8, 4) is 0 Å². The second-order valence-corrected chi connectivity index (χ2v) is 15.8. The summed E-state index contributed by atoms with van der Waals surface area (Å²) < 4.78 is 0. The summed E-state index contributed by atoms with van der Waals surface area (Å²) in [6.07, 6.45) is 12.8. The van der Waals surface area contributed by atoms with Crippen LogP contribution in [0.5, 0.6) is 0 Å². The zero-order valence-corrected chi connectivity index (χ0v) is 38.4. The number of hydrogen-bond acceptors (Lipinski definition) is 12. The lowest BCUT2D eigenvalue weighted by atomic mass is 10.3. The zero-order chi connectivity index (χ0) is 40.8. The number of rotatable bonds is 43. The third-order valence-electron chi connectivity index (χ3n) is 10.5. The fraction of sp³-hybridized carbons (Fsp3) is 1.00. The average molecular weight is 799 g/mol. The van der Waals surface area contributed by atoms with Gasteiger partial charge >= 0.3 is 0 Å². The molecule has 338 valence electrons. The summed E-state index contributed by atoms with van der Waals surface area (Å²) in [5, 5.41) is 41.4. The fourth-order valence-electron chi connectivity index (χ4n) is 6.61. The molecule has 12 nitrogen and oxygen atoms in total. The molecule has 0 aromatic carbocycles. The lowest BCUT2D eigenvalue weighted by Crippen LogP contribution is -2.26. The molecule has 4 atom stereocenters. The van der Waals surface area contributed by atoms with E-state index in [0.29, 0.717) is 0 Å². The van der Waals surface area contributed by atoms with Crippen LogP contribution in [0, 0.1) is 23.7 Å². The summed E-state index contributed by atoms with van der Waals surface area (Å²) in [7, 11) is 0. The molecular weight excluding hydrogens is 697 g/mol. The Balaban J connectivity index is 0.000000811. The monoisotopic (exact) mass is 799 g/mol. The predicted molar refractivity (Wildman–Crippen MR) is 249 cm³/mol. The van der Waals surface area contributed by atoms with E-state index in [0.717, 1.165) is 155 Å². The molecule has 2 aliphatic rings. The molecule has 0 amide bonds. The van der Waals surface area contributed by atoms with Crippen LogP contribution in [0.1, 0.15) is 106 Å². The smallest absolute Gasteiger partial charge is 0.00173 e. The molecule has 0 spiro atoms. The topological polar surface area (TPSA) is 144 Å². The molecule has 2 aliphatic carbocycles. The van der Waals surface area contributed by atoms with Crippen LogP contribution in [-0.4, -0.2) is 157 Å². The van der Waals surface area contributed by atoms with Gasteiger partial charge in [-0.3, -0.25) is 0 Å². The Morgan fingerprint density at radius 3 is 0.625 bits per heavy atom. The van der Waals surface area contributed by atoms with E-state index in [4.69, 9.17) is 0 Å². The molecule has 0 aromatic rings. The predicted octanol–water partition coefficient (Wildman–Crippen LogP) is 2.55. The Morgan fingerprint density at radius 2 is 0.411 bits per heavy atom. The lowest BCUT2D eigenvalue weighted by Gasteiger charge is -2.06. The summed E-state index contributed by atoms with van der Waals surface area (Å²) in [5.74, 6) is 3.72. The van der Waals surface area contributed by atoms with Gasteiger partial charge in [0.25, 0.3) is 0 Å². The van der Waals surface area contributed by atoms with E-state index in [-0.39, 0.29) is 0 Å². The second kappa shape index (κ2) is 47.2. The van der Waals surface area contributed by atoms with Crippen LogP contribution in [-0.2, 0) is 0 Å². The van der Waals surface area contributed by atoms with Crippen LogP contribution in [0.4, 0.5) is 0 Å². The molecule has 0 aliphatic heterocycles. The Bertz CT molecular complexity index is 624. The maximum atomic E-state index is 3.58. The third kappa shape index (κ3) is 43.1. The lowest BCUT2D eigenvalue weighted by molar-refractivity contribution is 0.537. The SMILES string of the molecule is CCNCCCNCC1CC1CNCCCNCC.CCNCCCNCC1CC1CNCCCNCC.CCNCCCNCCCCNCCCNCC. The minimum Gasteiger partial charge on any atom is -0.317 e. The highest BCUT2D eigenvalue weighted by Crippen LogP contribution is 2.37. The Labute approximate surface area is 349 Å². The molecule has 0 aromatic heterocycles. The minimum atomic E-state index is 0.931. The van der Waals surface area contributed by atoms with Gasteiger partial charge in [-0.15, -0.1) is 0 Å². The van der Waals surface area contributed by atoms with E-state index in [2.05, 4.69) is 105 Å². The van der Waals surface area contributed by atoms with Gasteiger partial charge in [-0.05, 0) is 245 Å². The van der Waals surface area contributed by atoms with Crippen molar-refractivity contribution >= 4 is 0 Å². The summed E-state index contributed by atoms with van der Waals surface area (Å²) in [4.78, 5) is 0. The minimum absolute atomic E-state index is 0.931. The number of unbranched alkanes of at least 4 members (excludes halogenated alkanes) is 1. The van der Waals surface area contributed by atoms with Crippen LogP contribution >= 0.6 is 0 Å². The third-order valence-corrected chi connectivity index (χ3v) is 10.5. The standard InChI is InChI=1S/2C15H34N4.C14H34N4/c2*1-3-16-7-5-9-18-12-14-11-15(14)13-19-10-6-8-17-4-2;1-3-15-11-7-13-17-9-5-6-10-18-14-8-12-16-4-2/h2*14-19H,3-13H2,1-2H3;15-18H,3-14H2,1-2H3. The van der Waals surface area contributed by atoms with E-state index in [1.807, 2.05) is 0 Å². The second-order valence-electron chi connectivity index (χ2n) is 15.8. The van der Waals surface area contributed by atoms with Crippen LogP contribution < -0.4 is 63.8 Å². The largest absolute Gasteiger partial charge is 0.317 e. The Morgan fingerprint density at radius 1 is 0.232 bits per heavy atom. The van der Waals surface area contributed by atoms with Gasteiger partial charge in [0, 0.05) is 0 Å². The molecule has 0 saturated heterocycles. The van der Waals surface area contributed by atoms with E-state index in [1.165, 1.54) is 90.4 Å². The van der Waals surface area contributed by atoms with Gasteiger partial charge in [0.05, 0.1) is 0 Å². The van der Waals surface area contributed by atoms with Crippen molar-refractivity contribution in [2.45, 2.75) is 106 Å². The van der Waals surface area contributed by atoms with Crippen molar-refractivity contribution in [1.29, 1.82) is 0 Å². The molecule has 12 N–H and O–H groups in total. The first-order chi connectivity index (χ1) is 27.7. The van der Waals surface area contributed by atoms with Gasteiger partial charge in [-0.25, -0.2) is 0 Å². The normalized spacial score (nSPS) is 18.3. The van der Waals surface area contributed by atoms with Crippen LogP contribution in [0.15, 0.2) is 0 Å². The van der Waals surface area contributed by atoms with Gasteiger partial charge in [0.1, 0.15) is 0 Å². The van der Waals surface area contributed by atoms with Crippen LogP contribution in [0.3, 0.4) is 0 Å². The van der Waals surface area contributed by atoms with E-state index in [9.17, 15) is 0 Å². The highest BCUT2D eigenvalue weighted by Gasteiger charge is 2.36.